The first-order valence-corrected chi connectivity index (χ1v) is 11.4. The van der Waals surface area contributed by atoms with Crippen LogP contribution in [0.2, 0.25) is 5.02 Å². The molecule has 2 aliphatic rings. The van der Waals surface area contributed by atoms with Crippen molar-refractivity contribution in [2.24, 2.45) is 0 Å². The van der Waals surface area contributed by atoms with Gasteiger partial charge in [0, 0.05) is 25.3 Å². The summed E-state index contributed by atoms with van der Waals surface area (Å²) in [5.41, 5.74) is 1.04. The average Bonchev–Trinajstić information content (AvgIpc) is 3.00. The number of carbonyl (C=O) groups excluding carboxylic acids is 1. The van der Waals surface area contributed by atoms with Gasteiger partial charge in [-0.3, -0.25) is 4.79 Å². The minimum absolute atomic E-state index is 0.216. The SMILES string of the molecule is CCn1c(CN2CCCCCC2=O)nnc1SCc1cc(Cl)c2c(c1)OCCO2. The Kier molecular flexibility index (Phi) is 6.50. The molecule has 1 aromatic carbocycles. The van der Waals surface area contributed by atoms with Crippen molar-refractivity contribution in [1.82, 2.24) is 19.7 Å². The van der Waals surface area contributed by atoms with Gasteiger partial charge in [-0.05, 0) is 37.5 Å². The summed E-state index contributed by atoms with van der Waals surface area (Å²) in [5, 5.41) is 10.2. The standard InChI is InChI=1S/C20H25ClN4O3S/c1-2-25-17(12-24-7-5-3-4-6-18(24)26)22-23-20(25)29-13-14-10-15(21)19-16(11-14)27-8-9-28-19/h10-11H,2-9,12-13H2,1H3. The highest BCUT2D eigenvalue weighted by atomic mass is 35.5. The second-order valence-corrected chi connectivity index (χ2v) is 8.51. The Labute approximate surface area is 179 Å². The quantitative estimate of drug-likeness (QED) is 0.639. The van der Waals surface area contributed by atoms with Crippen LogP contribution in [0.15, 0.2) is 17.3 Å². The predicted molar refractivity (Wildman–Crippen MR) is 112 cm³/mol. The van der Waals surface area contributed by atoms with Gasteiger partial charge in [-0.15, -0.1) is 10.2 Å². The minimum Gasteiger partial charge on any atom is -0.486 e. The maximum absolute atomic E-state index is 12.3. The van der Waals surface area contributed by atoms with Crippen molar-refractivity contribution >= 4 is 29.3 Å². The number of fused-ring (bicyclic) bond motifs is 1. The summed E-state index contributed by atoms with van der Waals surface area (Å²) < 4.78 is 13.3. The molecule has 1 amide bonds. The number of thioether (sulfide) groups is 1. The number of likely N-dealkylation sites (tertiary alicyclic amines) is 1. The van der Waals surface area contributed by atoms with Gasteiger partial charge in [-0.25, -0.2) is 0 Å². The predicted octanol–water partition coefficient (Wildman–Crippen LogP) is 3.92. The first kappa shape index (κ1) is 20.3. The van der Waals surface area contributed by atoms with Crippen LogP contribution in [0.5, 0.6) is 11.5 Å². The third-order valence-electron chi connectivity index (χ3n) is 5.14. The maximum Gasteiger partial charge on any atom is 0.222 e. The van der Waals surface area contributed by atoms with Crippen molar-refractivity contribution in [3.8, 4) is 11.5 Å². The van der Waals surface area contributed by atoms with Crippen LogP contribution in [0.25, 0.3) is 0 Å². The maximum atomic E-state index is 12.3. The number of carbonyl (C=O) groups is 1. The number of hydrogen-bond donors (Lipinski definition) is 0. The van der Waals surface area contributed by atoms with Gasteiger partial charge >= 0.3 is 0 Å². The van der Waals surface area contributed by atoms with E-state index in [2.05, 4.69) is 21.7 Å². The first-order chi connectivity index (χ1) is 14.2. The summed E-state index contributed by atoms with van der Waals surface area (Å²) in [4.78, 5) is 14.2. The third-order valence-corrected chi connectivity index (χ3v) is 6.46. The van der Waals surface area contributed by atoms with E-state index in [9.17, 15) is 4.79 Å². The number of amides is 1. The molecule has 9 heteroatoms. The van der Waals surface area contributed by atoms with Crippen molar-refractivity contribution < 1.29 is 14.3 Å². The van der Waals surface area contributed by atoms with Gasteiger partial charge in [0.05, 0.1) is 11.6 Å². The summed E-state index contributed by atoms with van der Waals surface area (Å²) in [6, 6.07) is 3.88. The zero-order valence-corrected chi connectivity index (χ0v) is 18.1. The highest BCUT2D eigenvalue weighted by Crippen LogP contribution is 2.39. The van der Waals surface area contributed by atoms with Crippen molar-refractivity contribution in [2.45, 2.75) is 56.6 Å². The summed E-state index contributed by atoms with van der Waals surface area (Å²) >= 11 is 7.95. The number of ether oxygens (including phenoxy) is 2. The van der Waals surface area contributed by atoms with Crippen LogP contribution in [-0.4, -0.2) is 45.3 Å². The van der Waals surface area contributed by atoms with Gasteiger partial charge in [-0.2, -0.15) is 0 Å². The summed E-state index contributed by atoms with van der Waals surface area (Å²) in [7, 11) is 0. The van der Waals surface area contributed by atoms with E-state index in [0.717, 1.165) is 48.9 Å². The monoisotopic (exact) mass is 436 g/mol. The van der Waals surface area contributed by atoms with Crippen LogP contribution in [0.4, 0.5) is 0 Å². The molecule has 0 bridgehead atoms. The Balaban J connectivity index is 1.46. The van der Waals surface area contributed by atoms with Gasteiger partial charge in [0.25, 0.3) is 0 Å². The Morgan fingerprint density at radius 3 is 2.90 bits per heavy atom. The minimum atomic E-state index is 0.216. The zero-order chi connectivity index (χ0) is 20.2. The van der Waals surface area contributed by atoms with E-state index >= 15 is 0 Å². The summed E-state index contributed by atoms with van der Waals surface area (Å²) in [6.45, 7) is 5.20. The van der Waals surface area contributed by atoms with Gasteiger partial charge in [0.2, 0.25) is 5.91 Å². The fraction of sp³-hybridized carbons (Fsp3) is 0.550. The molecule has 2 aliphatic heterocycles. The highest BCUT2D eigenvalue weighted by molar-refractivity contribution is 7.98. The van der Waals surface area contributed by atoms with Crippen molar-refractivity contribution in [3.63, 3.8) is 0 Å². The molecular weight excluding hydrogens is 412 g/mol. The fourth-order valence-corrected chi connectivity index (χ4v) is 4.87. The van der Waals surface area contributed by atoms with E-state index in [4.69, 9.17) is 21.1 Å². The van der Waals surface area contributed by atoms with E-state index in [1.807, 2.05) is 17.0 Å². The molecule has 0 unspecified atom stereocenters. The lowest BCUT2D eigenvalue weighted by atomic mass is 10.2. The second-order valence-electron chi connectivity index (χ2n) is 7.16. The van der Waals surface area contributed by atoms with E-state index in [1.54, 1.807) is 11.8 Å². The summed E-state index contributed by atoms with van der Waals surface area (Å²) in [5.74, 6) is 3.06. The largest absolute Gasteiger partial charge is 0.486 e. The third kappa shape index (κ3) is 4.64. The fourth-order valence-electron chi connectivity index (χ4n) is 3.63. The number of aromatic nitrogens is 3. The molecular formula is C20H25ClN4O3S. The van der Waals surface area contributed by atoms with Crippen molar-refractivity contribution in [2.75, 3.05) is 19.8 Å². The lowest BCUT2D eigenvalue weighted by Gasteiger charge is -2.20. The topological polar surface area (TPSA) is 69.5 Å². The van der Waals surface area contributed by atoms with Crippen molar-refractivity contribution in [3.05, 3.63) is 28.5 Å². The molecule has 0 aliphatic carbocycles. The normalized spacial score (nSPS) is 16.8. The molecule has 0 radical (unpaired) electrons. The molecule has 2 aromatic rings. The molecule has 0 saturated carbocycles. The molecule has 1 saturated heterocycles. The highest BCUT2D eigenvalue weighted by Gasteiger charge is 2.21. The molecule has 1 fully saturated rings. The zero-order valence-electron chi connectivity index (χ0n) is 16.5. The first-order valence-electron chi connectivity index (χ1n) is 10.1. The smallest absolute Gasteiger partial charge is 0.222 e. The number of hydrogen-bond acceptors (Lipinski definition) is 6. The van der Waals surface area contributed by atoms with Gasteiger partial charge in [0.15, 0.2) is 22.5 Å². The van der Waals surface area contributed by atoms with Gasteiger partial charge < -0.3 is 18.9 Å². The van der Waals surface area contributed by atoms with Crippen LogP contribution in [0.1, 0.15) is 44.0 Å². The number of rotatable bonds is 6. The molecule has 156 valence electrons. The Hall–Kier alpha value is -1.93. The van der Waals surface area contributed by atoms with Gasteiger partial charge in [-0.1, -0.05) is 29.8 Å². The molecule has 1 aromatic heterocycles. The number of halogens is 1. The lowest BCUT2D eigenvalue weighted by Crippen LogP contribution is -2.31. The van der Waals surface area contributed by atoms with Crippen LogP contribution in [0, 0.1) is 0 Å². The lowest BCUT2D eigenvalue weighted by molar-refractivity contribution is -0.131. The molecule has 4 rings (SSSR count). The van der Waals surface area contributed by atoms with Crippen LogP contribution >= 0.6 is 23.4 Å². The van der Waals surface area contributed by atoms with E-state index in [0.29, 0.717) is 48.5 Å². The van der Waals surface area contributed by atoms with Gasteiger partial charge in [0.1, 0.15) is 13.2 Å². The molecule has 29 heavy (non-hydrogen) atoms. The number of benzene rings is 1. The van der Waals surface area contributed by atoms with Crippen LogP contribution in [-0.2, 0) is 23.6 Å². The molecule has 0 atom stereocenters. The Morgan fingerprint density at radius 2 is 2.03 bits per heavy atom. The Bertz CT molecular complexity index is 889. The van der Waals surface area contributed by atoms with Crippen molar-refractivity contribution in [1.29, 1.82) is 0 Å². The van der Waals surface area contributed by atoms with Crippen LogP contribution in [0.3, 0.4) is 0 Å². The Morgan fingerprint density at radius 1 is 1.17 bits per heavy atom. The van der Waals surface area contributed by atoms with E-state index < -0.39 is 0 Å². The summed E-state index contributed by atoms with van der Waals surface area (Å²) in [6.07, 6.45) is 3.78. The molecule has 0 N–H and O–H groups in total. The molecule has 3 heterocycles. The van der Waals surface area contributed by atoms with E-state index in [-0.39, 0.29) is 5.91 Å². The molecule has 0 spiro atoms. The average molecular weight is 437 g/mol. The second kappa shape index (κ2) is 9.26. The van der Waals surface area contributed by atoms with E-state index in [1.165, 1.54) is 0 Å². The van der Waals surface area contributed by atoms with Crippen LogP contribution < -0.4 is 9.47 Å². The number of nitrogens with zero attached hydrogens (tertiary/aromatic N) is 4. The molecule has 7 nitrogen and oxygen atoms in total.